The molecular weight excluding hydrogens is 276 g/mol. The number of urea groups is 1. The molecular formula is C14H18N2O5. The highest BCUT2D eigenvalue weighted by Crippen LogP contribution is 2.16. The zero-order chi connectivity index (χ0) is 16.2. The number of carboxylic acids is 2. The molecule has 0 spiro atoms. The number of hydrogen-bond acceptors (Lipinski definition) is 3. The summed E-state index contributed by atoms with van der Waals surface area (Å²) in [5.41, 5.74) is -0.263. The molecule has 0 unspecified atom stereocenters. The summed E-state index contributed by atoms with van der Waals surface area (Å²) >= 11 is 0. The van der Waals surface area contributed by atoms with Crippen LogP contribution in [-0.2, 0) is 0 Å². The predicted octanol–water partition coefficient (Wildman–Crippen LogP) is 2.20. The summed E-state index contributed by atoms with van der Waals surface area (Å²) in [7, 11) is 1.61. The van der Waals surface area contributed by atoms with E-state index in [0.29, 0.717) is 6.54 Å². The first-order valence-corrected chi connectivity index (χ1v) is 6.34. The van der Waals surface area contributed by atoms with Gasteiger partial charge in [-0.2, -0.15) is 0 Å². The van der Waals surface area contributed by atoms with Gasteiger partial charge in [-0.25, -0.2) is 14.4 Å². The van der Waals surface area contributed by atoms with Crippen molar-refractivity contribution in [2.24, 2.45) is 5.92 Å². The van der Waals surface area contributed by atoms with E-state index in [1.807, 2.05) is 13.8 Å². The summed E-state index contributed by atoms with van der Waals surface area (Å²) in [4.78, 5) is 35.3. The van der Waals surface area contributed by atoms with E-state index in [-0.39, 0.29) is 22.7 Å². The number of amides is 2. The Labute approximate surface area is 122 Å². The number of carbonyl (C=O) groups excluding carboxylic acids is 1. The molecule has 0 aromatic heterocycles. The smallest absolute Gasteiger partial charge is 0.335 e. The quantitative estimate of drug-likeness (QED) is 0.771. The van der Waals surface area contributed by atoms with Gasteiger partial charge in [0, 0.05) is 19.3 Å². The standard InChI is InChI=1S/C14H18N2O5/c1-8(2)7-16(3)14(21)15-11-5-9(12(17)18)4-10(6-11)13(19)20/h4-6,8H,7H2,1-3H3,(H,15,21)(H,17,18)(H,19,20). The van der Waals surface area contributed by atoms with Crippen LogP contribution in [-0.4, -0.2) is 46.7 Å². The van der Waals surface area contributed by atoms with Crippen LogP contribution < -0.4 is 5.32 Å². The van der Waals surface area contributed by atoms with Crippen LogP contribution in [0, 0.1) is 5.92 Å². The van der Waals surface area contributed by atoms with Gasteiger partial charge >= 0.3 is 18.0 Å². The monoisotopic (exact) mass is 294 g/mol. The Morgan fingerprint density at radius 1 is 1.10 bits per heavy atom. The first kappa shape index (κ1) is 16.5. The van der Waals surface area contributed by atoms with Gasteiger partial charge in [0.2, 0.25) is 0 Å². The number of rotatable bonds is 5. The van der Waals surface area contributed by atoms with Gasteiger partial charge < -0.3 is 20.4 Å². The van der Waals surface area contributed by atoms with Crippen molar-refractivity contribution in [3.8, 4) is 0 Å². The van der Waals surface area contributed by atoms with Crippen LogP contribution in [0.2, 0.25) is 0 Å². The molecule has 1 aromatic rings. The first-order chi connectivity index (χ1) is 9.70. The van der Waals surface area contributed by atoms with Gasteiger partial charge in [-0.3, -0.25) is 0 Å². The lowest BCUT2D eigenvalue weighted by Crippen LogP contribution is -2.34. The van der Waals surface area contributed by atoms with Gasteiger partial charge in [0.15, 0.2) is 0 Å². The van der Waals surface area contributed by atoms with Gasteiger partial charge in [-0.15, -0.1) is 0 Å². The molecule has 1 aromatic carbocycles. The average molecular weight is 294 g/mol. The highest BCUT2D eigenvalue weighted by atomic mass is 16.4. The van der Waals surface area contributed by atoms with Crippen LogP contribution in [0.1, 0.15) is 34.6 Å². The van der Waals surface area contributed by atoms with E-state index in [9.17, 15) is 14.4 Å². The van der Waals surface area contributed by atoms with Crippen molar-refractivity contribution in [1.82, 2.24) is 4.90 Å². The zero-order valence-corrected chi connectivity index (χ0v) is 12.1. The Morgan fingerprint density at radius 3 is 1.95 bits per heavy atom. The third kappa shape index (κ3) is 4.79. The Morgan fingerprint density at radius 2 is 1.57 bits per heavy atom. The van der Waals surface area contributed by atoms with Gasteiger partial charge in [-0.05, 0) is 24.1 Å². The molecule has 7 nitrogen and oxygen atoms in total. The second kappa shape index (κ2) is 6.74. The largest absolute Gasteiger partial charge is 0.478 e. The minimum Gasteiger partial charge on any atom is -0.478 e. The Balaban J connectivity index is 2.99. The molecule has 114 valence electrons. The maximum Gasteiger partial charge on any atom is 0.335 e. The second-order valence-electron chi connectivity index (χ2n) is 5.11. The summed E-state index contributed by atoms with van der Waals surface area (Å²) in [6, 6.07) is 3.05. The van der Waals surface area contributed by atoms with E-state index in [0.717, 1.165) is 6.07 Å². The van der Waals surface area contributed by atoms with E-state index < -0.39 is 18.0 Å². The highest BCUT2D eigenvalue weighted by molar-refractivity contribution is 5.98. The molecule has 1 rings (SSSR count). The van der Waals surface area contributed by atoms with Gasteiger partial charge in [0.05, 0.1) is 11.1 Å². The number of nitrogens with zero attached hydrogens (tertiary/aromatic N) is 1. The normalized spacial score (nSPS) is 10.3. The Bertz CT molecular complexity index is 536. The molecule has 0 bridgehead atoms. The highest BCUT2D eigenvalue weighted by Gasteiger charge is 2.15. The van der Waals surface area contributed by atoms with Crippen LogP contribution in [0.15, 0.2) is 18.2 Å². The summed E-state index contributed by atoms with van der Waals surface area (Å²) in [5.74, 6) is -2.24. The van der Waals surface area contributed by atoms with Crippen molar-refractivity contribution < 1.29 is 24.6 Å². The van der Waals surface area contributed by atoms with Crippen LogP contribution in [0.5, 0.6) is 0 Å². The predicted molar refractivity (Wildman–Crippen MR) is 76.8 cm³/mol. The number of hydrogen-bond donors (Lipinski definition) is 3. The van der Waals surface area contributed by atoms with Crippen LogP contribution in [0.4, 0.5) is 10.5 Å². The van der Waals surface area contributed by atoms with Crippen molar-refractivity contribution >= 4 is 23.7 Å². The molecule has 0 aliphatic carbocycles. The Kier molecular flexibility index (Phi) is 5.29. The minimum absolute atomic E-state index is 0.132. The molecule has 0 radical (unpaired) electrons. The second-order valence-corrected chi connectivity index (χ2v) is 5.11. The summed E-state index contributed by atoms with van der Waals surface area (Å²) < 4.78 is 0. The minimum atomic E-state index is -1.26. The molecule has 0 saturated carbocycles. The molecule has 0 atom stereocenters. The molecule has 0 heterocycles. The maximum atomic E-state index is 11.9. The molecule has 0 aliphatic heterocycles. The number of benzene rings is 1. The lowest BCUT2D eigenvalue weighted by molar-refractivity contribution is 0.0696. The van der Waals surface area contributed by atoms with Crippen molar-refractivity contribution in [3.63, 3.8) is 0 Å². The molecule has 0 saturated heterocycles. The van der Waals surface area contributed by atoms with Crippen LogP contribution >= 0.6 is 0 Å². The van der Waals surface area contributed by atoms with E-state index in [4.69, 9.17) is 10.2 Å². The van der Waals surface area contributed by atoms with Crippen molar-refractivity contribution in [3.05, 3.63) is 29.3 Å². The first-order valence-electron chi connectivity index (χ1n) is 6.34. The number of carboxylic acid groups (broad SMARTS) is 2. The van der Waals surface area contributed by atoms with Gasteiger partial charge in [0.1, 0.15) is 0 Å². The van der Waals surface area contributed by atoms with Crippen molar-refractivity contribution in [2.75, 3.05) is 18.9 Å². The average Bonchev–Trinajstić information content (AvgIpc) is 2.37. The molecule has 2 amide bonds. The van der Waals surface area contributed by atoms with E-state index in [2.05, 4.69) is 5.32 Å². The number of carbonyl (C=O) groups is 3. The fourth-order valence-electron chi connectivity index (χ4n) is 1.80. The third-order valence-corrected chi connectivity index (χ3v) is 2.66. The van der Waals surface area contributed by atoms with E-state index in [1.165, 1.54) is 17.0 Å². The topological polar surface area (TPSA) is 107 Å². The van der Waals surface area contributed by atoms with Crippen LogP contribution in [0.25, 0.3) is 0 Å². The fraction of sp³-hybridized carbons (Fsp3) is 0.357. The lowest BCUT2D eigenvalue weighted by Gasteiger charge is -2.20. The van der Waals surface area contributed by atoms with E-state index >= 15 is 0 Å². The van der Waals surface area contributed by atoms with Gasteiger partial charge in [0.25, 0.3) is 0 Å². The number of anilines is 1. The SMILES string of the molecule is CC(C)CN(C)C(=O)Nc1cc(C(=O)O)cc(C(=O)O)c1. The zero-order valence-electron chi connectivity index (χ0n) is 12.1. The van der Waals surface area contributed by atoms with Crippen molar-refractivity contribution in [2.45, 2.75) is 13.8 Å². The molecule has 7 heteroatoms. The molecule has 0 fully saturated rings. The summed E-state index contributed by atoms with van der Waals surface area (Å²) in [6.45, 7) is 4.44. The fourth-order valence-corrected chi connectivity index (χ4v) is 1.80. The summed E-state index contributed by atoms with van der Waals surface area (Å²) in [5, 5.41) is 20.4. The molecule has 0 aliphatic rings. The Hall–Kier alpha value is -2.57. The van der Waals surface area contributed by atoms with Gasteiger partial charge in [-0.1, -0.05) is 13.8 Å². The molecule has 3 N–H and O–H groups in total. The maximum absolute atomic E-state index is 11.9. The molecule has 21 heavy (non-hydrogen) atoms. The third-order valence-electron chi connectivity index (χ3n) is 2.66. The number of aromatic carboxylic acids is 2. The summed E-state index contributed by atoms with van der Waals surface area (Å²) in [6.07, 6.45) is 0. The van der Waals surface area contributed by atoms with Crippen LogP contribution in [0.3, 0.4) is 0 Å². The van der Waals surface area contributed by atoms with E-state index in [1.54, 1.807) is 7.05 Å². The lowest BCUT2D eigenvalue weighted by atomic mass is 10.1. The van der Waals surface area contributed by atoms with Crippen molar-refractivity contribution in [1.29, 1.82) is 0 Å². The number of nitrogens with one attached hydrogen (secondary N) is 1.